The van der Waals surface area contributed by atoms with Gasteiger partial charge in [0.05, 0.1) is 28.2 Å². The lowest BCUT2D eigenvalue weighted by atomic mass is 10.1. The molecule has 0 saturated carbocycles. The van der Waals surface area contributed by atoms with E-state index in [1.807, 2.05) is 0 Å². The molecule has 1 aromatic heterocycles. The SMILES string of the molecule is CCS(=O)(=O)c1cc(C(F)(F)F)ccc1-c1ncn(CC(F)(F)C(F)(F)F)c(=O)c1C. The Balaban J connectivity index is 2.70. The maximum absolute atomic E-state index is 13.3. The molecule has 0 fully saturated rings. The summed E-state index contributed by atoms with van der Waals surface area (Å²) in [4.78, 5) is 15.1. The minimum absolute atomic E-state index is 0.00952. The molecule has 2 aromatic rings. The van der Waals surface area contributed by atoms with Gasteiger partial charge in [0.2, 0.25) is 0 Å². The molecule has 0 unspecified atom stereocenters. The Labute approximate surface area is 170 Å². The molecule has 1 heterocycles. The molecule has 5 nitrogen and oxygen atoms in total. The van der Waals surface area contributed by atoms with Crippen molar-refractivity contribution in [2.45, 2.75) is 43.6 Å². The zero-order valence-corrected chi connectivity index (χ0v) is 16.6. The molecular weight excluding hydrogens is 464 g/mol. The van der Waals surface area contributed by atoms with E-state index in [4.69, 9.17) is 0 Å². The Morgan fingerprint density at radius 1 is 1.03 bits per heavy atom. The Hall–Kier alpha value is -2.51. The highest BCUT2D eigenvalue weighted by molar-refractivity contribution is 7.91. The van der Waals surface area contributed by atoms with Gasteiger partial charge in [-0.1, -0.05) is 13.0 Å². The van der Waals surface area contributed by atoms with Crippen molar-refractivity contribution in [3.63, 3.8) is 0 Å². The van der Waals surface area contributed by atoms with Crippen LogP contribution in [-0.2, 0) is 22.6 Å². The summed E-state index contributed by atoms with van der Waals surface area (Å²) < 4.78 is 127. The molecule has 0 aliphatic carbocycles. The van der Waals surface area contributed by atoms with Gasteiger partial charge in [-0.05, 0) is 19.1 Å². The fourth-order valence-electron chi connectivity index (χ4n) is 2.59. The molecular formula is C17H14F8N2O3S. The molecule has 31 heavy (non-hydrogen) atoms. The first-order valence-electron chi connectivity index (χ1n) is 8.37. The first-order chi connectivity index (χ1) is 13.9. The Kier molecular flexibility index (Phi) is 6.29. The van der Waals surface area contributed by atoms with E-state index in [0.717, 1.165) is 19.9 Å². The zero-order chi connectivity index (χ0) is 24.0. The van der Waals surface area contributed by atoms with E-state index in [1.54, 1.807) is 0 Å². The summed E-state index contributed by atoms with van der Waals surface area (Å²) in [5.74, 6) is -5.85. The fraction of sp³-hybridized carbons (Fsp3) is 0.412. The number of alkyl halides is 8. The van der Waals surface area contributed by atoms with Crippen molar-refractivity contribution in [3.05, 3.63) is 46.0 Å². The third-order valence-electron chi connectivity index (χ3n) is 4.33. The third kappa shape index (κ3) is 4.88. The van der Waals surface area contributed by atoms with Crippen molar-refractivity contribution in [3.8, 4) is 11.3 Å². The normalized spacial score (nSPS) is 13.5. The van der Waals surface area contributed by atoms with Crippen LogP contribution in [0.4, 0.5) is 35.1 Å². The lowest BCUT2D eigenvalue weighted by Crippen LogP contribution is -2.43. The molecule has 0 atom stereocenters. The molecule has 14 heteroatoms. The lowest BCUT2D eigenvalue weighted by Gasteiger charge is -2.21. The summed E-state index contributed by atoms with van der Waals surface area (Å²) in [6.07, 6.45) is -10.5. The van der Waals surface area contributed by atoms with E-state index < -0.39 is 73.2 Å². The molecule has 0 radical (unpaired) electrons. The minimum Gasteiger partial charge on any atom is -0.293 e. The maximum Gasteiger partial charge on any atom is 0.455 e. The largest absolute Gasteiger partial charge is 0.455 e. The number of halogens is 8. The number of sulfone groups is 1. The van der Waals surface area contributed by atoms with Gasteiger partial charge < -0.3 is 0 Å². The smallest absolute Gasteiger partial charge is 0.293 e. The van der Waals surface area contributed by atoms with Crippen LogP contribution in [0, 0.1) is 6.92 Å². The predicted molar refractivity (Wildman–Crippen MR) is 92.4 cm³/mol. The summed E-state index contributed by atoms with van der Waals surface area (Å²) in [6.45, 7) is 0.0698. The summed E-state index contributed by atoms with van der Waals surface area (Å²) in [5, 5.41) is 0. The fourth-order valence-corrected chi connectivity index (χ4v) is 3.71. The van der Waals surface area contributed by atoms with Crippen LogP contribution in [0.15, 0.2) is 34.2 Å². The number of benzene rings is 1. The van der Waals surface area contributed by atoms with Gasteiger partial charge in [-0.2, -0.15) is 35.1 Å². The van der Waals surface area contributed by atoms with E-state index in [0.29, 0.717) is 18.5 Å². The predicted octanol–water partition coefficient (Wildman–Crippen LogP) is 4.23. The topological polar surface area (TPSA) is 69.0 Å². The number of hydrogen-bond donors (Lipinski definition) is 0. The van der Waals surface area contributed by atoms with Crippen LogP contribution in [0.3, 0.4) is 0 Å². The zero-order valence-electron chi connectivity index (χ0n) is 15.8. The molecule has 2 rings (SSSR count). The minimum atomic E-state index is -5.94. The van der Waals surface area contributed by atoms with Crippen LogP contribution in [0.1, 0.15) is 18.1 Å². The van der Waals surface area contributed by atoms with Gasteiger partial charge in [-0.25, -0.2) is 13.4 Å². The highest BCUT2D eigenvalue weighted by Gasteiger charge is 2.57. The second-order valence-electron chi connectivity index (χ2n) is 6.47. The van der Waals surface area contributed by atoms with Gasteiger partial charge in [-0.15, -0.1) is 0 Å². The van der Waals surface area contributed by atoms with Crippen molar-refractivity contribution >= 4 is 9.84 Å². The first-order valence-corrected chi connectivity index (χ1v) is 10.0. The van der Waals surface area contributed by atoms with Gasteiger partial charge in [0.25, 0.3) is 5.56 Å². The van der Waals surface area contributed by atoms with Crippen LogP contribution in [0.5, 0.6) is 0 Å². The van der Waals surface area contributed by atoms with Gasteiger partial charge in [0.15, 0.2) is 9.84 Å². The van der Waals surface area contributed by atoms with Gasteiger partial charge in [0, 0.05) is 11.1 Å². The number of aromatic nitrogens is 2. The van der Waals surface area contributed by atoms with E-state index >= 15 is 0 Å². The summed E-state index contributed by atoms with van der Waals surface area (Å²) in [7, 11) is -4.27. The van der Waals surface area contributed by atoms with Crippen LogP contribution >= 0.6 is 0 Å². The van der Waals surface area contributed by atoms with Crippen LogP contribution < -0.4 is 5.56 Å². The van der Waals surface area contributed by atoms with E-state index in [-0.39, 0.29) is 4.57 Å². The number of rotatable bonds is 5. The van der Waals surface area contributed by atoms with Crippen molar-refractivity contribution in [1.29, 1.82) is 0 Å². The van der Waals surface area contributed by atoms with Crippen LogP contribution in [0.25, 0.3) is 11.3 Å². The van der Waals surface area contributed by atoms with Gasteiger partial charge in [-0.3, -0.25) is 9.36 Å². The molecule has 0 aliphatic rings. The molecule has 0 N–H and O–H groups in total. The third-order valence-corrected chi connectivity index (χ3v) is 6.09. The summed E-state index contributed by atoms with van der Waals surface area (Å²) in [6, 6.07) is 1.63. The van der Waals surface area contributed by atoms with Crippen LogP contribution in [0.2, 0.25) is 0 Å². The molecule has 0 bridgehead atoms. The summed E-state index contributed by atoms with van der Waals surface area (Å²) in [5.41, 5.74) is -4.03. The molecule has 0 saturated heterocycles. The number of nitrogens with zero attached hydrogens (tertiary/aromatic N) is 2. The quantitative estimate of drug-likeness (QED) is 0.604. The van der Waals surface area contributed by atoms with Crippen molar-refractivity contribution in [1.82, 2.24) is 9.55 Å². The van der Waals surface area contributed by atoms with Crippen molar-refractivity contribution in [2.75, 3.05) is 5.75 Å². The molecule has 1 aromatic carbocycles. The van der Waals surface area contributed by atoms with E-state index in [1.165, 1.54) is 0 Å². The molecule has 0 amide bonds. The average molecular weight is 478 g/mol. The van der Waals surface area contributed by atoms with Crippen molar-refractivity contribution < 1.29 is 43.5 Å². The standard InChI is InChI=1S/C17H14F8N2O3S/c1-3-31(29,30)12-6-10(16(20,21)22)4-5-11(12)13-9(2)14(28)27(8-26-13)7-15(18,19)17(23,24)25/h4-6,8H,3,7H2,1-2H3. The Morgan fingerprint density at radius 3 is 2.10 bits per heavy atom. The lowest BCUT2D eigenvalue weighted by molar-refractivity contribution is -0.287. The highest BCUT2D eigenvalue weighted by atomic mass is 32.2. The average Bonchev–Trinajstić information content (AvgIpc) is 2.63. The molecule has 172 valence electrons. The Morgan fingerprint density at radius 2 is 1.61 bits per heavy atom. The van der Waals surface area contributed by atoms with E-state index in [2.05, 4.69) is 4.98 Å². The van der Waals surface area contributed by atoms with Crippen LogP contribution in [-0.4, -0.2) is 35.8 Å². The van der Waals surface area contributed by atoms with Gasteiger partial charge in [0.1, 0.15) is 6.54 Å². The first kappa shape index (κ1) is 24.8. The number of hydrogen-bond acceptors (Lipinski definition) is 4. The second-order valence-corrected chi connectivity index (χ2v) is 8.71. The van der Waals surface area contributed by atoms with E-state index in [9.17, 15) is 48.3 Å². The second kappa shape index (κ2) is 7.88. The monoisotopic (exact) mass is 478 g/mol. The molecule has 0 aliphatic heterocycles. The summed E-state index contributed by atoms with van der Waals surface area (Å²) >= 11 is 0. The van der Waals surface area contributed by atoms with Crippen molar-refractivity contribution in [2.24, 2.45) is 0 Å². The maximum atomic E-state index is 13.3. The highest BCUT2D eigenvalue weighted by Crippen LogP contribution is 2.37. The Bertz CT molecular complexity index is 1150. The molecule has 0 spiro atoms. The van der Waals surface area contributed by atoms with Gasteiger partial charge >= 0.3 is 18.3 Å².